The predicted octanol–water partition coefficient (Wildman–Crippen LogP) is 6.00. The van der Waals surface area contributed by atoms with E-state index < -0.39 is 5.82 Å². The topological polar surface area (TPSA) is 73.0 Å². The van der Waals surface area contributed by atoms with E-state index in [9.17, 15) is 9.18 Å². The summed E-state index contributed by atoms with van der Waals surface area (Å²) in [6, 6.07) is 11.7. The molecule has 2 heterocycles. The lowest BCUT2D eigenvalue weighted by atomic mass is 10.2. The number of anilines is 1. The monoisotopic (exact) mass is 508 g/mol. The van der Waals surface area contributed by atoms with Crippen LogP contribution in [-0.2, 0) is 11.3 Å². The quantitative estimate of drug-likeness (QED) is 0.323. The van der Waals surface area contributed by atoms with Crippen LogP contribution in [-0.4, -0.2) is 26.4 Å². The molecule has 0 atom stereocenters. The van der Waals surface area contributed by atoms with Crippen LogP contribution in [0.1, 0.15) is 6.92 Å². The number of hydrogen-bond donors (Lipinski definition) is 1. The molecule has 1 amide bonds. The van der Waals surface area contributed by atoms with Gasteiger partial charge in [0.2, 0.25) is 11.7 Å². The number of nitrogens with one attached hydrogen (secondary N) is 1. The molecule has 6 nitrogen and oxygen atoms in total. The maximum Gasteiger partial charge on any atom is 0.234 e. The number of aromatic nitrogens is 3. The third kappa shape index (κ3) is 4.38. The number of halogens is 3. The Morgan fingerprint density at radius 2 is 2.10 bits per heavy atom. The first-order chi connectivity index (χ1) is 14.4. The van der Waals surface area contributed by atoms with Gasteiger partial charge in [-0.1, -0.05) is 39.3 Å². The van der Waals surface area contributed by atoms with Gasteiger partial charge >= 0.3 is 0 Å². The summed E-state index contributed by atoms with van der Waals surface area (Å²) in [6.45, 7) is 2.54. The minimum absolute atomic E-state index is 0.0589. The summed E-state index contributed by atoms with van der Waals surface area (Å²) in [7, 11) is 0. The normalized spacial score (nSPS) is 11.2. The lowest BCUT2D eigenvalue weighted by Gasteiger charge is -2.07. The van der Waals surface area contributed by atoms with Crippen molar-refractivity contribution in [3.8, 4) is 11.6 Å². The van der Waals surface area contributed by atoms with E-state index in [1.54, 1.807) is 18.2 Å². The summed E-state index contributed by atoms with van der Waals surface area (Å²) in [5, 5.41) is 13.0. The smallest absolute Gasteiger partial charge is 0.234 e. The zero-order valence-corrected chi connectivity index (χ0v) is 18.8. The highest BCUT2D eigenvalue weighted by Gasteiger charge is 2.18. The van der Waals surface area contributed by atoms with Crippen molar-refractivity contribution in [3.63, 3.8) is 0 Å². The zero-order chi connectivity index (χ0) is 21.3. The molecule has 0 aliphatic carbocycles. The van der Waals surface area contributed by atoms with Crippen LogP contribution in [0.25, 0.3) is 22.6 Å². The van der Waals surface area contributed by atoms with Crippen molar-refractivity contribution in [2.45, 2.75) is 18.6 Å². The van der Waals surface area contributed by atoms with E-state index >= 15 is 0 Å². The van der Waals surface area contributed by atoms with E-state index in [-0.39, 0.29) is 17.3 Å². The Labute approximate surface area is 188 Å². The van der Waals surface area contributed by atoms with Gasteiger partial charge in [-0.3, -0.25) is 9.36 Å². The molecule has 0 saturated heterocycles. The van der Waals surface area contributed by atoms with Gasteiger partial charge in [-0.05, 0) is 49.4 Å². The van der Waals surface area contributed by atoms with Crippen LogP contribution in [0.5, 0.6) is 0 Å². The molecule has 0 spiro atoms. The number of carbonyl (C=O) groups is 1. The maximum absolute atomic E-state index is 13.9. The number of rotatable bonds is 6. The lowest BCUT2D eigenvalue weighted by Crippen LogP contribution is -2.15. The number of fused-ring (bicyclic) bond motifs is 1. The summed E-state index contributed by atoms with van der Waals surface area (Å²) in [5.74, 6) is 0.337. The van der Waals surface area contributed by atoms with Crippen LogP contribution in [0.15, 0.2) is 56.5 Å². The maximum atomic E-state index is 13.9. The fraction of sp³-hybridized carbons (Fsp3) is 0.150. The van der Waals surface area contributed by atoms with Gasteiger partial charge in [-0.2, -0.15) is 0 Å². The van der Waals surface area contributed by atoms with Crippen LogP contribution < -0.4 is 5.32 Å². The zero-order valence-electron chi connectivity index (χ0n) is 15.7. The van der Waals surface area contributed by atoms with Crippen LogP contribution in [0.3, 0.4) is 0 Å². The Balaban J connectivity index is 1.49. The standard InChI is InChI=1S/C20H15BrClFN4O2S/c1-2-27-19(17-8-11-7-13(22)4-6-16(11)29-17)25-26-20(27)30-10-18(28)24-15-5-3-12(21)9-14(15)23/h3-9H,2,10H2,1H3,(H,24,28). The Bertz CT molecular complexity index is 1240. The highest BCUT2D eigenvalue weighted by Crippen LogP contribution is 2.30. The summed E-state index contributed by atoms with van der Waals surface area (Å²) in [6.07, 6.45) is 0. The van der Waals surface area contributed by atoms with Crippen molar-refractivity contribution < 1.29 is 13.6 Å². The minimum Gasteiger partial charge on any atom is -0.453 e. The van der Waals surface area contributed by atoms with E-state index in [4.69, 9.17) is 16.0 Å². The van der Waals surface area contributed by atoms with Gasteiger partial charge in [0.15, 0.2) is 10.9 Å². The molecule has 1 N–H and O–H groups in total. The van der Waals surface area contributed by atoms with E-state index in [1.807, 2.05) is 23.6 Å². The Kier molecular flexibility index (Phi) is 6.12. The molecule has 10 heteroatoms. The second-order valence-electron chi connectivity index (χ2n) is 6.30. The molecule has 0 radical (unpaired) electrons. The molecule has 30 heavy (non-hydrogen) atoms. The summed E-state index contributed by atoms with van der Waals surface area (Å²) in [4.78, 5) is 12.2. The van der Waals surface area contributed by atoms with Gasteiger partial charge in [0.1, 0.15) is 11.4 Å². The Morgan fingerprint density at radius 3 is 2.87 bits per heavy atom. The fourth-order valence-electron chi connectivity index (χ4n) is 2.89. The molecule has 0 saturated carbocycles. The van der Waals surface area contributed by atoms with Crippen molar-refractivity contribution in [2.24, 2.45) is 0 Å². The number of amides is 1. The van der Waals surface area contributed by atoms with E-state index in [0.717, 1.165) is 5.39 Å². The molecule has 2 aromatic carbocycles. The van der Waals surface area contributed by atoms with Crippen LogP contribution in [0, 0.1) is 5.82 Å². The van der Waals surface area contributed by atoms with Gasteiger partial charge in [0.25, 0.3) is 0 Å². The summed E-state index contributed by atoms with van der Waals surface area (Å²) in [5.41, 5.74) is 0.826. The van der Waals surface area contributed by atoms with Gasteiger partial charge in [0, 0.05) is 21.4 Å². The molecule has 0 aliphatic rings. The number of benzene rings is 2. The molecule has 4 rings (SSSR count). The highest BCUT2D eigenvalue weighted by molar-refractivity contribution is 9.10. The van der Waals surface area contributed by atoms with E-state index in [1.165, 1.54) is 23.9 Å². The fourth-order valence-corrected chi connectivity index (χ4v) is 4.21. The van der Waals surface area contributed by atoms with E-state index in [2.05, 4.69) is 31.4 Å². The number of nitrogens with zero attached hydrogens (tertiary/aromatic N) is 3. The Hall–Kier alpha value is -2.36. The van der Waals surface area contributed by atoms with Crippen molar-refractivity contribution in [1.82, 2.24) is 14.8 Å². The SMILES string of the molecule is CCn1c(SCC(=O)Nc2ccc(Br)cc2F)nnc1-c1cc2cc(Cl)ccc2o1. The van der Waals surface area contributed by atoms with Crippen LogP contribution in [0.4, 0.5) is 10.1 Å². The molecule has 154 valence electrons. The molecule has 0 unspecified atom stereocenters. The molecule has 0 aliphatic heterocycles. The average Bonchev–Trinajstić information content (AvgIpc) is 3.31. The highest BCUT2D eigenvalue weighted by atomic mass is 79.9. The van der Waals surface area contributed by atoms with Gasteiger partial charge in [0.05, 0.1) is 11.4 Å². The molecule has 2 aromatic heterocycles. The predicted molar refractivity (Wildman–Crippen MR) is 119 cm³/mol. The average molecular weight is 510 g/mol. The van der Waals surface area contributed by atoms with Crippen LogP contribution >= 0.6 is 39.3 Å². The van der Waals surface area contributed by atoms with E-state index in [0.29, 0.717) is 38.4 Å². The van der Waals surface area contributed by atoms with Gasteiger partial charge in [-0.25, -0.2) is 4.39 Å². The number of hydrogen-bond acceptors (Lipinski definition) is 5. The lowest BCUT2D eigenvalue weighted by molar-refractivity contribution is -0.113. The summed E-state index contributed by atoms with van der Waals surface area (Å²) >= 11 is 10.4. The van der Waals surface area contributed by atoms with Crippen molar-refractivity contribution >= 4 is 61.9 Å². The first kappa shape index (κ1) is 20.9. The number of thioether (sulfide) groups is 1. The second-order valence-corrected chi connectivity index (χ2v) is 8.60. The number of carbonyl (C=O) groups excluding carboxylic acids is 1. The van der Waals surface area contributed by atoms with Crippen molar-refractivity contribution in [1.29, 1.82) is 0 Å². The van der Waals surface area contributed by atoms with Crippen molar-refractivity contribution in [3.05, 3.63) is 57.8 Å². The Morgan fingerprint density at radius 1 is 1.27 bits per heavy atom. The first-order valence-electron chi connectivity index (χ1n) is 8.95. The minimum atomic E-state index is -0.508. The molecular formula is C20H15BrClFN4O2S. The second kappa shape index (κ2) is 8.79. The van der Waals surface area contributed by atoms with Crippen LogP contribution in [0.2, 0.25) is 5.02 Å². The molecule has 0 bridgehead atoms. The number of furan rings is 1. The molecule has 0 fully saturated rings. The van der Waals surface area contributed by atoms with Gasteiger partial charge in [-0.15, -0.1) is 10.2 Å². The molecular weight excluding hydrogens is 495 g/mol. The third-order valence-corrected chi connectivity index (χ3v) is 5.96. The van der Waals surface area contributed by atoms with Crippen molar-refractivity contribution in [2.75, 3.05) is 11.1 Å². The largest absolute Gasteiger partial charge is 0.453 e. The summed E-state index contributed by atoms with van der Waals surface area (Å²) < 4.78 is 22.2. The molecule has 4 aromatic rings. The third-order valence-electron chi connectivity index (χ3n) is 4.27. The van der Waals surface area contributed by atoms with Gasteiger partial charge < -0.3 is 9.73 Å². The first-order valence-corrected chi connectivity index (χ1v) is 11.1.